The minimum absolute atomic E-state index is 0.162. The summed E-state index contributed by atoms with van der Waals surface area (Å²) in [7, 11) is 1.31. The van der Waals surface area contributed by atoms with Crippen LogP contribution in [0.25, 0.3) is 0 Å². The maximum Gasteiger partial charge on any atom is 0.351 e. The number of halogens is 1. The third-order valence-electron chi connectivity index (χ3n) is 1.88. The standard InChI is InChI=1S/C9H8ClN3O2S3/c1-3-4-11-9(18-13-4)17-8-12-6(10)5(16-8)7(14)15-2/h3H2,1-2H3. The first-order valence-corrected chi connectivity index (χ1v) is 7.67. The molecule has 0 aliphatic heterocycles. The van der Waals surface area contributed by atoms with E-state index in [0.717, 1.165) is 16.6 Å². The van der Waals surface area contributed by atoms with Crippen molar-refractivity contribution in [3.05, 3.63) is 15.9 Å². The van der Waals surface area contributed by atoms with Gasteiger partial charge in [0.25, 0.3) is 0 Å². The fraction of sp³-hybridized carbons (Fsp3) is 0.333. The highest BCUT2D eigenvalue weighted by molar-refractivity contribution is 8.02. The predicted octanol–water partition coefficient (Wildman–Crippen LogP) is 3.15. The number of aryl methyl sites for hydroxylation is 1. The number of aromatic nitrogens is 3. The number of carbonyl (C=O) groups is 1. The highest BCUT2D eigenvalue weighted by Crippen LogP contribution is 2.35. The SMILES string of the molecule is CCc1nsc(Sc2nc(Cl)c(C(=O)OC)s2)n1. The van der Waals surface area contributed by atoms with Crippen LogP contribution < -0.4 is 0 Å². The summed E-state index contributed by atoms with van der Waals surface area (Å²) >= 11 is 9.71. The molecule has 5 nitrogen and oxygen atoms in total. The van der Waals surface area contributed by atoms with Crippen LogP contribution in [-0.4, -0.2) is 27.4 Å². The van der Waals surface area contributed by atoms with Gasteiger partial charge in [0, 0.05) is 6.42 Å². The highest BCUT2D eigenvalue weighted by Gasteiger charge is 2.18. The van der Waals surface area contributed by atoms with Crippen LogP contribution >= 0.6 is 46.2 Å². The molecule has 0 saturated carbocycles. The quantitative estimate of drug-likeness (QED) is 0.806. The van der Waals surface area contributed by atoms with Gasteiger partial charge in [-0.1, -0.05) is 29.9 Å². The second-order valence-corrected chi connectivity index (χ2v) is 6.63. The minimum atomic E-state index is -0.476. The van der Waals surface area contributed by atoms with Gasteiger partial charge < -0.3 is 4.74 Å². The maximum absolute atomic E-state index is 11.4. The molecule has 2 heterocycles. The molecule has 0 saturated heterocycles. The molecule has 0 aromatic carbocycles. The van der Waals surface area contributed by atoms with Crippen molar-refractivity contribution in [1.29, 1.82) is 0 Å². The second-order valence-electron chi connectivity index (χ2n) is 3.02. The number of methoxy groups -OCH3 is 1. The number of nitrogens with zero attached hydrogens (tertiary/aromatic N) is 3. The predicted molar refractivity (Wildman–Crippen MR) is 71.9 cm³/mol. The Morgan fingerprint density at radius 1 is 1.44 bits per heavy atom. The van der Waals surface area contributed by atoms with E-state index in [2.05, 4.69) is 19.1 Å². The lowest BCUT2D eigenvalue weighted by Crippen LogP contribution is -1.98. The zero-order valence-electron chi connectivity index (χ0n) is 9.47. The number of carbonyl (C=O) groups excluding carboxylic acids is 1. The molecule has 0 unspecified atom stereocenters. The van der Waals surface area contributed by atoms with Gasteiger partial charge >= 0.3 is 5.97 Å². The molecular formula is C9H8ClN3O2S3. The van der Waals surface area contributed by atoms with Gasteiger partial charge in [-0.2, -0.15) is 4.37 Å². The summed E-state index contributed by atoms with van der Waals surface area (Å²) < 4.78 is 10.2. The topological polar surface area (TPSA) is 65.0 Å². The fourth-order valence-electron chi connectivity index (χ4n) is 1.04. The van der Waals surface area contributed by atoms with E-state index in [-0.39, 0.29) is 5.15 Å². The molecule has 2 aromatic heterocycles. The summed E-state index contributed by atoms with van der Waals surface area (Å²) in [6, 6.07) is 0. The molecule has 0 atom stereocenters. The van der Waals surface area contributed by atoms with Crippen LogP contribution in [0.3, 0.4) is 0 Å². The van der Waals surface area contributed by atoms with Gasteiger partial charge in [0.15, 0.2) is 18.7 Å². The van der Waals surface area contributed by atoms with E-state index in [1.54, 1.807) is 0 Å². The summed E-state index contributed by atoms with van der Waals surface area (Å²) in [6.07, 6.45) is 0.795. The number of hydrogen-bond donors (Lipinski definition) is 0. The van der Waals surface area contributed by atoms with E-state index in [1.165, 1.54) is 41.7 Å². The number of esters is 1. The van der Waals surface area contributed by atoms with E-state index >= 15 is 0 Å². The number of ether oxygens (including phenoxy) is 1. The van der Waals surface area contributed by atoms with Gasteiger partial charge in [-0.15, -0.1) is 0 Å². The molecule has 9 heteroatoms. The highest BCUT2D eigenvalue weighted by atomic mass is 35.5. The second kappa shape index (κ2) is 5.96. The van der Waals surface area contributed by atoms with Crippen LogP contribution in [0, 0.1) is 0 Å². The lowest BCUT2D eigenvalue weighted by atomic mass is 10.5. The Kier molecular flexibility index (Phi) is 4.55. The lowest BCUT2D eigenvalue weighted by Gasteiger charge is -1.92. The van der Waals surface area contributed by atoms with Crippen molar-refractivity contribution >= 4 is 52.2 Å². The van der Waals surface area contributed by atoms with E-state index in [0.29, 0.717) is 9.22 Å². The molecule has 18 heavy (non-hydrogen) atoms. The third kappa shape index (κ3) is 3.00. The average Bonchev–Trinajstić information content (AvgIpc) is 2.95. The van der Waals surface area contributed by atoms with Gasteiger partial charge in [-0.3, -0.25) is 0 Å². The Hall–Kier alpha value is -0.700. The van der Waals surface area contributed by atoms with Crippen molar-refractivity contribution in [1.82, 2.24) is 14.3 Å². The Labute approximate surface area is 121 Å². The average molecular weight is 322 g/mol. The Morgan fingerprint density at radius 2 is 2.22 bits per heavy atom. The number of thiazole rings is 1. The zero-order chi connectivity index (χ0) is 13.1. The summed E-state index contributed by atoms with van der Waals surface area (Å²) in [5, 5.41) is 0.162. The van der Waals surface area contributed by atoms with Crippen LogP contribution in [0.1, 0.15) is 22.4 Å². The van der Waals surface area contributed by atoms with Crippen LogP contribution in [0.5, 0.6) is 0 Å². The van der Waals surface area contributed by atoms with Crippen LogP contribution in [0.2, 0.25) is 5.15 Å². The van der Waals surface area contributed by atoms with Crippen molar-refractivity contribution in [2.75, 3.05) is 7.11 Å². The Balaban J connectivity index is 2.17. The van der Waals surface area contributed by atoms with Crippen molar-refractivity contribution < 1.29 is 9.53 Å². The fourth-order valence-corrected chi connectivity index (χ4v) is 4.28. The van der Waals surface area contributed by atoms with E-state index in [9.17, 15) is 4.79 Å². The third-order valence-corrected chi connectivity index (χ3v) is 5.15. The lowest BCUT2D eigenvalue weighted by molar-refractivity contribution is 0.0606. The molecule has 0 fully saturated rings. The monoisotopic (exact) mass is 321 g/mol. The van der Waals surface area contributed by atoms with Gasteiger partial charge in [-0.25, -0.2) is 14.8 Å². The smallest absolute Gasteiger partial charge is 0.351 e. The van der Waals surface area contributed by atoms with Gasteiger partial charge in [0.05, 0.1) is 7.11 Å². The molecule has 0 aliphatic carbocycles. The summed E-state index contributed by atoms with van der Waals surface area (Å²) in [5.74, 6) is 0.328. The van der Waals surface area contributed by atoms with Crippen molar-refractivity contribution in [3.63, 3.8) is 0 Å². The van der Waals surface area contributed by atoms with E-state index in [1.807, 2.05) is 6.92 Å². The number of rotatable bonds is 4. The molecule has 96 valence electrons. The molecular weight excluding hydrogens is 314 g/mol. The normalized spacial score (nSPS) is 10.6. The van der Waals surface area contributed by atoms with Crippen molar-refractivity contribution in [2.45, 2.75) is 22.0 Å². The molecule has 0 bridgehead atoms. The molecule has 2 aromatic rings. The summed E-state index contributed by atoms with van der Waals surface area (Å²) in [5.41, 5.74) is 0. The van der Waals surface area contributed by atoms with Crippen LogP contribution in [-0.2, 0) is 11.2 Å². The van der Waals surface area contributed by atoms with E-state index in [4.69, 9.17) is 11.6 Å². The Morgan fingerprint density at radius 3 is 2.83 bits per heavy atom. The maximum atomic E-state index is 11.4. The van der Waals surface area contributed by atoms with Crippen molar-refractivity contribution in [2.24, 2.45) is 0 Å². The van der Waals surface area contributed by atoms with Gasteiger partial charge in [0.2, 0.25) is 0 Å². The molecule has 2 rings (SSSR count). The molecule has 0 amide bonds. The summed E-state index contributed by atoms with van der Waals surface area (Å²) in [4.78, 5) is 20.1. The van der Waals surface area contributed by atoms with Gasteiger partial charge in [0.1, 0.15) is 5.82 Å². The van der Waals surface area contributed by atoms with Crippen molar-refractivity contribution in [3.8, 4) is 0 Å². The van der Waals surface area contributed by atoms with Crippen LogP contribution in [0.4, 0.5) is 0 Å². The zero-order valence-corrected chi connectivity index (χ0v) is 12.7. The molecule has 0 N–H and O–H groups in total. The summed E-state index contributed by atoms with van der Waals surface area (Å²) in [6.45, 7) is 1.99. The first-order chi connectivity index (χ1) is 8.63. The Bertz CT molecular complexity index is 569. The van der Waals surface area contributed by atoms with Crippen LogP contribution in [0.15, 0.2) is 8.68 Å². The molecule has 0 aliphatic rings. The van der Waals surface area contributed by atoms with Gasteiger partial charge in [-0.05, 0) is 23.3 Å². The van der Waals surface area contributed by atoms with E-state index < -0.39 is 5.97 Å². The number of hydrogen-bond acceptors (Lipinski definition) is 8. The molecule has 0 radical (unpaired) electrons. The first-order valence-electron chi connectivity index (χ1n) is 4.89. The largest absolute Gasteiger partial charge is 0.465 e. The molecule has 0 spiro atoms. The first kappa shape index (κ1) is 13.7. The minimum Gasteiger partial charge on any atom is -0.465 e.